The molecule has 3 rings (SSSR count). The van der Waals surface area contributed by atoms with Crippen molar-refractivity contribution >= 4 is 31.7 Å². The number of anilines is 1. The van der Waals surface area contributed by atoms with Gasteiger partial charge in [-0.15, -0.1) is 0 Å². The number of carboxylic acids is 1. The summed E-state index contributed by atoms with van der Waals surface area (Å²) in [4.78, 5) is 10.3. The summed E-state index contributed by atoms with van der Waals surface area (Å²) in [5, 5.41) is 8.95. The lowest BCUT2D eigenvalue weighted by atomic mass is 10.2. The van der Waals surface area contributed by atoms with E-state index < -0.39 is 42.3 Å². The molecule has 12 heteroatoms. The van der Waals surface area contributed by atoms with Gasteiger partial charge in [0.15, 0.2) is 0 Å². The van der Waals surface area contributed by atoms with E-state index in [1.54, 1.807) is 12.1 Å². The summed E-state index contributed by atoms with van der Waals surface area (Å²) in [6, 6.07) is 10.5. The summed E-state index contributed by atoms with van der Waals surface area (Å²) in [5.41, 5.74) is -0.895. The molecule has 1 heterocycles. The Labute approximate surface area is 171 Å². The van der Waals surface area contributed by atoms with Crippen molar-refractivity contribution in [1.82, 2.24) is 4.72 Å². The number of carboxylic acid groups (broad SMARTS) is 1. The molecule has 2 aromatic carbocycles. The van der Waals surface area contributed by atoms with Crippen molar-refractivity contribution in [1.29, 1.82) is 0 Å². The summed E-state index contributed by atoms with van der Waals surface area (Å²) in [6.07, 6.45) is 1.39. The van der Waals surface area contributed by atoms with Gasteiger partial charge in [0.2, 0.25) is 10.0 Å². The largest absolute Gasteiger partial charge is 0.478 e. The summed E-state index contributed by atoms with van der Waals surface area (Å²) in [5.74, 6) is -2.32. The van der Waals surface area contributed by atoms with Crippen molar-refractivity contribution in [3.63, 3.8) is 0 Å². The van der Waals surface area contributed by atoms with Crippen molar-refractivity contribution < 1.29 is 35.5 Å². The fourth-order valence-electron chi connectivity index (χ4n) is 2.44. The monoisotopic (exact) mass is 454 g/mol. The molecule has 0 atom stereocenters. The SMILES string of the molecule is O=C(O)c1cc(S(=O)(=O)Nc2cccc(S(=O)(=O)NCc3ccco3)c2)ccc1F. The van der Waals surface area contributed by atoms with Crippen LogP contribution < -0.4 is 9.44 Å². The second-order valence-corrected chi connectivity index (χ2v) is 9.43. The molecule has 3 aromatic rings. The number of rotatable bonds is 8. The topological polar surface area (TPSA) is 143 Å². The number of sulfonamides is 2. The molecule has 0 unspecified atom stereocenters. The maximum atomic E-state index is 13.5. The van der Waals surface area contributed by atoms with Gasteiger partial charge < -0.3 is 9.52 Å². The molecule has 3 N–H and O–H groups in total. The fourth-order valence-corrected chi connectivity index (χ4v) is 4.55. The number of hydrogen-bond donors (Lipinski definition) is 3. The number of carbonyl (C=O) groups is 1. The predicted molar refractivity (Wildman–Crippen MR) is 103 cm³/mol. The first kappa shape index (κ1) is 21.5. The summed E-state index contributed by atoms with van der Waals surface area (Å²) in [6.45, 7) is -0.0984. The van der Waals surface area contributed by atoms with Gasteiger partial charge in [-0.05, 0) is 48.5 Å². The van der Waals surface area contributed by atoms with Gasteiger partial charge in [-0.25, -0.2) is 30.7 Å². The molecule has 0 aliphatic heterocycles. The summed E-state index contributed by atoms with van der Waals surface area (Å²) >= 11 is 0. The van der Waals surface area contributed by atoms with Crippen LogP contribution in [0.15, 0.2) is 75.1 Å². The van der Waals surface area contributed by atoms with Crippen molar-refractivity contribution in [3.8, 4) is 0 Å². The van der Waals surface area contributed by atoms with Gasteiger partial charge in [0.05, 0.1) is 33.8 Å². The maximum Gasteiger partial charge on any atom is 0.338 e. The van der Waals surface area contributed by atoms with Crippen LogP contribution >= 0.6 is 0 Å². The number of aromatic carboxylic acids is 1. The Morgan fingerprint density at radius 3 is 2.37 bits per heavy atom. The minimum absolute atomic E-state index is 0.0860. The van der Waals surface area contributed by atoms with Crippen LogP contribution in [0, 0.1) is 5.82 Å². The highest BCUT2D eigenvalue weighted by atomic mass is 32.2. The molecule has 0 saturated carbocycles. The van der Waals surface area contributed by atoms with E-state index in [1.807, 2.05) is 0 Å². The molecular weight excluding hydrogens is 439 g/mol. The van der Waals surface area contributed by atoms with E-state index >= 15 is 0 Å². The minimum Gasteiger partial charge on any atom is -0.478 e. The standard InChI is InChI=1S/C18H15FN2O7S2/c19-17-7-6-15(10-16(17)18(22)23)30(26,27)21-12-3-1-5-14(9-12)29(24,25)20-11-13-4-2-8-28-13/h1-10,20-21H,11H2,(H,22,23). The van der Waals surface area contributed by atoms with Crippen molar-refractivity contribution in [3.05, 3.63) is 78.0 Å². The predicted octanol–water partition coefficient (Wildman–Crippen LogP) is 2.40. The fraction of sp³-hybridized carbons (Fsp3) is 0.0556. The van der Waals surface area contributed by atoms with E-state index in [1.165, 1.54) is 24.5 Å². The third-order valence-corrected chi connectivity index (χ3v) is 6.67. The summed E-state index contributed by atoms with van der Waals surface area (Å²) < 4.78 is 73.0. The zero-order valence-electron chi connectivity index (χ0n) is 15.1. The first-order valence-corrected chi connectivity index (χ1v) is 11.2. The molecular formula is C18H15FN2O7S2. The van der Waals surface area contributed by atoms with E-state index in [0.717, 1.165) is 18.2 Å². The van der Waals surface area contributed by atoms with Gasteiger partial charge in [-0.2, -0.15) is 0 Å². The maximum absolute atomic E-state index is 13.5. The molecule has 0 bridgehead atoms. The Balaban J connectivity index is 1.84. The van der Waals surface area contributed by atoms with E-state index in [0.29, 0.717) is 11.8 Å². The van der Waals surface area contributed by atoms with Crippen LogP contribution in [0.2, 0.25) is 0 Å². The zero-order valence-corrected chi connectivity index (χ0v) is 16.7. The average Bonchev–Trinajstić information content (AvgIpc) is 3.20. The van der Waals surface area contributed by atoms with E-state index in [4.69, 9.17) is 9.52 Å². The van der Waals surface area contributed by atoms with Gasteiger partial charge in [0, 0.05) is 0 Å². The highest BCUT2D eigenvalue weighted by molar-refractivity contribution is 7.92. The second-order valence-electron chi connectivity index (χ2n) is 5.98. The quantitative estimate of drug-likeness (QED) is 0.474. The van der Waals surface area contributed by atoms with E-state index in [2.05, 4.69) is 9.44 Å². The normalized spacial score (nSPS) is 11.9. The molecule has 0 aliphatic carbocycles. The zero-order chi connectivity index (χ0) is 21.9. The first-order chi connectivity index (χ1) is 14.1. The average molecular weight is 454 g/mol. The molecule has 158 valence electrons. The number of furan rings is 1. The van der Waals surface area contributed by atoms with Crippen molar-refractivity contribution in [2.45, 2.75) is 16.3 Å². The number of nitrogens with one attached hydrogen (secondary N) is 2. The summed E-state index contributed by atoms with van der Waals surface area (Å²) in [7, 11) is -8.28. The molecule has 0 spiro atoms. The van der Waals surface area contributed by atoms with Crippen LogP contribution in [0.5, 0.6) is 0 Å². The molecule has 0 saturated heterocycles. The lowest BCUT2D eigenvalue weighted by molar-refractivity contribution is 0.0691. The number of hydrogen-bond acceptors (Lipinski definition) is 6. The van der Waals surface area contributed by atoms with Gasteiger partial charge in [-0.3, -0.25) is 4.72 Å². The highest BCUT2D eigenvalue weighted by Crippen LogP contribution is 2.21. The van der Waals surface area contributed by atoms with E-state index in [-0.39, 0.29) is 17.1 Å². The molecule has 0 fully saturated rings. The van der Waals surface area contributed by atoms with Crippen LogP contribution in [0.25, 0.3) is 0 Å². The Morgan fingerprint density at radius 1 is 0.967 bits per heavy atom. The van der Waals surface area contributed by atoms with Crippen LogP contribution in [0.4, 0.5) is 10.1 Å². The Kier molecular flexibility index (Phi) is 5.92. The highest BCUT2D eigenvalue weighted by Gasteiger charge is 2.21. The Hall–Kier alpha value is -3.22. The van der Waals surface area contributed by atoms with Crippen molar-refractivity contribution in [2.75, 3.05) is 4.72 Å². The molecule has 30 heavy (non-hydrogen) atoms. The second kappa shape index (κ2) is 8.26. The smallest absolute Gasteiger partial charge is 0.338 e. The molecule has 0 aliphatic rings. The van der Waals surface area contributed by atoms with Crippen molar-refractivity contribution in [2.24, 2.45) is 0 Å². The van der Waals surface area contributed by atoms with Gasteiger partial charge >= 0.3 is 5.97 Å². The van der Waals surface area contributed by atoms with Gasteiger partial charge in [-0.1, -0.05) is 6.07 Å². The first-order valence-electron chi connectivity index (χ1n) is 8.26. The van der Waals surface area contributed by atoms with Crippen LogP contribution in [-0.4, -0.2) is 27.9 Å². The number of benzene rings is 2. The van der Waals surface area contributed by atoms with Gasteiger partial charge in [0.1, 0.15) is 11.6 Å². The molecule has 0 radical (unpaired) electrons. The minimum atomic E-state index is -4.31. The number of halogens is 1. The Bertz CT molecular complexity index is 1290. The lowest BCUT2D eigenvalue weighted by Gasteiger charge is -2.11. The Morgan fingerprint density at radius 2 is 1.70 bits per heavy atom. The van der Waals surface area contributed by atoms with Crippen LogP contribution in [0.1, 0.15) is 16.1 Å². The molecule has 9 nitrogen and oxygen atoms in total. The van der Waals surface area contributed by atoms with E-state index in [9.17, 15) is 26.0 Å². The van der Waals surface area contributed by atoms with Crippen LogP contribution in [0.3, 0.4) is 0 Å². The van der Waals surface area contributed by atoms with Crippen LogP contribution in [-0.2, 0) is 26.6 Å². The lowest BCUT2D eigenvalue weighted by Crippen LogP contribution is -2.23. The molecule has 1 aromatic heterocycles. The third kappa shape index (κ3) is 4.84. The molecule has 0 amide bonds. The van der Waals surface area contributed by atoms with Gasteiger partial charge in [0.25, 0.3) is 10.0 Å². The third-order valence-electron chi connectivity index (χ3n) is 3.89.